The minimum absolute atomic E-state index is 0.0118. The molecule has 4 aliphatic rings. The lowest BCUT2D eigenvalue weighted by Gasteiger charge is -2.57. The van der Waals surface area contributed by atoms with Crippen LogP contribution in [0.15, 0.2) is 35.5 Å². The normalized spacial score (nSPS) is 37.7. The van der Waals surface area contributed by atoms with Crippen LogP contribution in [0.5, 0.6) is 0 Å². The summed E-state index contributed by atoms with van der Waals surface area (Å²) in [6.07, 6.45) is 6.91. The van der Waals surface area contributed by atoms with Gasteiger partial charge in [-0.05, 0) is 36.3 Å². The van der Waals surface area contributed by atoms with Gasteiger partial charge in [0.25, 0.3) is 0 Å². The van der Waals surface area contributed by atoms with Crippen LogP contribution in [0.1, 0.15) is 40.5 Å². The molecule has 0 heterocycles. The molecular weight excluding hydrogens is 236 g/mol. The van der Waals surface area contributed by atoms with E-state index < -0.39 is 0 Å². The van der Waals surface area contributed by atoms with Crippen molar-refractivity contribution < 1.29 is 9.53 Å². The van der Waals surface area contributed by atoms with Gasteiger partial charge in [0.15, 0.2) is 0 Å². The molecule has 3 atom stereocenters. The summed E-state index contributed by atoms with van der Waals surface area (Å²) in [5, 5.41) is 0. The molecule has 2 bridgehead atoms. The van der Waals surface area contributed by atoms with Crippen LogP contribution < -0.4 is 0 Å². The van der Waals surface area contributed by atoms with Crippen molar-refractivity contribution in [3.8, 4) is 0 Å². The fraction of sp³-hybridized carbons (Fsp3) is 0.588. The molecule has 102 valence electrons. The minimum atomic E-state index is -0.253. The quantitative estimate of drug-likeness (QED) is 0.556. The lowest BCUT2D eigenvalue weighted by atomic mass is 9.49. The highest BCUT2D eigenvalue weighted by Crippen LogP contribution is 2.76. The second kappa shape index (κ2) is 3.62. The molecule has 4 aliphatic carbocycles. The first kappa shape index (κ1) is 12.7. The topological polar surface area (TPSA) is 26.3 Å². The van der Waals surface area contributed by atoms with Crippen molar-refractivity contribution in [2.75, 3.05) is 0 Å². The number of carbonyl (C=O) groups is 1. The molecule has 0 aromatic rings. The molecule has 3 fully saturated rings. The average molecular weight is 258 g/mol. The molecule has 3 unspecified atom stereocenters. The van der Waals surface area contributed by atoms with E-state index in [2.05, 4.69) is 39.5 Å². The van der Waals surface area contributed by atoms with Crippen molar-refractivity contribution in [1.82, 2.24) is 0 Å². The second-order valence-corrected chi connectivity index (χ2v) is 6.86. The highest BCUT2D eigenvalue weighted by molar-refractivity contribution is 5.87. The van der Waals surface area contributed by atoms with Crippen LogP contribution in [0.2, 0.25) is 0 Å². The van der Waals surface area contributed by atoms with E-state index in [1.165, 1.54) is 11.1 Å². The van der Waals surface area contributed by atoms with E-state index in [-0.39, 0.29) is 22.9 Å². The van der Waals surface area contributed by atoms with Gasteiger partial charge in [-0.15, -0.1) is 0 Å². The molecule has 0 spiro atoms. The Morgan fingerprint density at radius 3 is 2.53 bits per heavy atom. The van der Waals surface area contributed by atoms with E-state index in [1.807, 2.05) is 0 Å². The summed E-state index contributed by atoms with van der Waals surface area (Å²) in [7, 11) is 0. The van der Waals surface area contributed by atoms with Crippen LogP contribution >= 0.6 is 0 Å². The van der Waals surface area contributed by atoms with Crippen LogP contribution in [-0.2, 0) is 9.53 Å². The maximum absolute atomic E-state index is 11.9. The summed E-state index contributed by atoms with van der Waals surface area (Å²) in [5.74, 6) is 0.101. The summed E-state index contributed by atoms with van der Waals surface area (Å²) in [6, 6.07) is 0. The van der Waals surface area contributed by atoms with Gasteiger partial charge in [-0.2, -0.15) is 0 Å². The van der Waals surface area contributed by atoms with Gasteiger partial charge >= 0.3 is 5.97 Å². The van der Waals surface area contributed by atoms with Crippen LogP contribution in [-0.4, -0.2) is 12.1 Å². The Kier molecular flexibility index (Phi) is 2.42. The SMILES string of the molecule is C=C(C)C(=O)OC1C2C3=CCCC=C3C1(C)C2(C)C. The molecule has 3 saturated carbocycles. The number of allylic oxidation sites excluding steroid dienone is 2. The number of esters is 1. The van der Waals surface area contributed by atoms with Gasteiger partial charge in [0, 0.05) is 16.9 Å². The van der Waals surface area contributed by atoms with Crippen LogP contribution in [0, 0.1) is 16.7 Å². The average Bonchev–Trinajstić information content (AvgIpc) is 2.72. The lowest BCUT2D eigenvalue weighted by Crippen LogP contribution is -2.60. The molecule has 0 aromatic heterocycles. The maximum atomic E-state index is 11.9. The van der Waals surface area contributed by atoms with E-state index in [1.54, 1.807) is 6.92 Å². The summed E-state index contributed by atoms with van der Waals surface area (Å²) in [4.78, 5) is 11.9. The monoisotopic (exact) mass is 258 g/mol. The minimum Gasteiger partial charge on any atom is -0.457 e. The van der Waals surface area contributed by atoms with Gasteiger partial charge in [-0.25, -0.2) is 4.79 Å². The largest absolute Gasteiger partial charge is 0.457 e. The molecular formula is C17H22O2. The Labute approximate surface area is 115 Å². The molecule has 0 radical (unpaired) electrons. The zero-order chi connectivity index (χ0) is 14.0. The highest BCUT2D eigenvalue weighted by Gasteiger charge is 2.75. The highest BCUT2D eigenvalue weighted by atomic mass is 16.5. The number of ether oxygens (including phenoxy) is 1. The van der Waals surface area contributed by atoms with E-state index in [9.17, 15) is 4.79 Å². The van der Waals surface area contributed by atoms with Crippen LogP contribution in [0.25, 0.3) is 0 Å². The number of carbonyl (C=O) groups excluding carboxylic acids is 1. The van der Waals surface area contributed by atoms with Crippen molar-refractivity contribution in [2.24, 2.45) is 16.7 Å². The van der Waals surface area contributed by atoms with E-state index in [0.29, 0.717) is 11.5 Å². The fourth-order valence-electron chi connectivity index (χ4n) is 4.26. The van der Waals surface area contributed by atoms with Crippen molar-refractivity contribution in [3.05, 3.63) is 35.5 Å². The first-order valence-electron chi connectivity index (χ1n) is 7.09. The first-order chi connectivity index (χ1) is 8.81. The Hall–Kier alpha value is -1.31. The van der Waals surface area contributed by atoms with Gasteiger partial charge < -0.3 is 4.74 Å². The molecule has 0 amide bonds. The number of rotatable bonds is 2. The van der Waals surface area contributed by atoms with Gasteiger partial charge in [-0.3, -0.25) is 0 Å². The summed E-state index contributed by atoms with van der Waals surface area (Å²) in [6.45, 7) is 12.2. The smallest absolute Gasteiger partial charge is 0.333 e. The first-order valence-corrected chi connectivity index (χ1v) is 7.09. The zero-order valence-electron chi connectivity index (χ0n) is 12.2. The van der Waals surface area contributed by atoms with Gasteiger partial charge in [0.05, 0.1) is 0 Å². The van der Waals surface area contributed by atoms with Crippen molar-refractivity contribution in [1.29, 1.82) is 0 Å². The second-order valence-electron chi connectivity index (χ2n) is 6.86. The zero-order valence-corrected chi connectivity index (χ0v) is 12.2. The number of hydrogen-bond donors (Lipinski definition) is 0. The molecule has 0 aliphatic heterocycles. The summed E-state index contributed by atoms with van der Waals surface area (Å²) < 4.78 is 5.75. The summed E-state index contributed by atoms with van der Waals surface area (Å²) in [5.41, 5.74) is 3.48. The van der Waals surface area contributed by atoms with Gasteiger partial charge in [-0.1, -0.05) is 39.5 Å². The summed E-state index contributed by atoms with van der Waals surface area (Å²) >= 11 is 0. The third-order valence-corrected chi connectivity index (χ3v) is 5.66. The third-order valence-electron chi connectivity index (χ3n) is 5.66. The molecule has 0 aromatic carbocycles. The Morgan fingerprint density at radius 1 is 1.32 bits per heavy atom. The van der Waals surface area contributed by atoms with Crippen LogP contribution in [0.3, 0.4) is 0 Å². The van der Waals surface area contributed by atoms with Crippen molar-refractivity contribution in [2.45, 2.75) is 46.6 Å². The van der Waals surface area contributed by atoms with Crippen molar-refractivity contribution in [3.63, 3.8) is 0 Å². The molecule has 0 N–H and O–H groups in total. The molecule has 4 rings (SSSR count). The standard InChI is InChI=1S/C17H22O2/c1-10(2)15(18)19-14-13-11-8-6-7-9-12(11)17(14,5)16(13,3)4/h8-9,13-14H,1,6-7H2,2-5H3. The Morgan fingerprint density at radius 2 is 1.95 bits per heavy atom. The molecule has 2 heteroatoms. The molecule has 0 saturated heterocycles. The predicted octanol–water partition coefficient (Wildman–Crippen LogP) is 3.80. The predicted molar refractivity (Wildman–Crippen MR) is 75.5 cm³/mol. The molecule has 2 nitrogen and oxygen atoms in total. The van der Waals surface area contributed by atoms with E-state index in [0.717, 1.165) is 12.8 Å². The Balaban J connectivity index is 1.99. The number of hydrogen-bond acceptors (Lipinski definition) is 2. The molecule has 19 heavy (non-hydrogen) atoms. The van der Waals surface area contributed by atoms with Gasteiger partial charge in [0.2, 0.25) is 0 Å². The van der Waals surface area contributed by atoms with E-state index in [4.69, 9.17) is 4.74 Å². The van der Waals surface area contributed by atoms with Gasteiger partial charge in [0.1, 0.15) is 6.10 Å². The maximum Gasteiger partial charge on any atom is 0.333 e. The Bertz CT molecular complexity index is 535. The van der Waals surface area contributed by atoms with Crippen molar-refractivity contribution >= 4 is 5.97 Å². The van der Waals surface area contributed by atoms with Crippen LogP contribution in [0.4, 0.5) is 0 Å². The third kappa shape index (κ3) is 1.30. The van der Waals surface area contributed by atoms with E-state index >= 15 is 0 Å². The lowest BCUT2D eigenvalue weighted by molar-refractivity contribution is -0.193. The fourth-order valence-corrected chi connectivity index (χ4v) is 4.26.